The number of methoxy groups -OCH3 is 2. The molecule has 0 aromatic heterocycles. The summed E-state index contributed by atoms with van der Waals surface area (Å²) in [4.78, 5) is 12.7. The van der Waals surface area contributed by atoms with Gasteiger partial charge in [0.05, 0.1) is 31.9 Å². The Morgan fingerprint density at radius 1 is 1.00 bits per heavy atom. The molecule has 9 nitrogen and oxygen atoms in total. The van der Waals surface area contributed by atoms with E-state index in [2.05, 4.69) is 17.1 Å². The smallest absolute Gasteiger partial charge is 0.255 e. The van der Waals surface area contributed by atoms with Crippen molar-refractivity contribution in [2.45, 2.75) is 11.3 Å². The molecule has 0 aliphatic heterocycles. The summed E-state index contributed by atoms with van der Waals surface area (Å²) in [7, 11) is -1.16. The molecule has 3 rings (SSSR count). The standard InChI is InChI=1S/C28H31N3O6S/c1-4-18-37-24-12-10-23(11-13-24)20-29-30-28(32)21-31(17-16-22-8-6-5-7-9-22)38(33,34)25-14-15-26(35-2)27(19-25)36-3/h4-15,19-20H,1,16-18,21H2,2-3H3,(H,30,32)/b29-20-. The minimum atomic E-state index is -4.05. The molecule has 0 aliphatic carbocycles. The Morgan fingerprint density at radius 2 is 1.71 bits per heavy atom. The largest absolute Gasteiger partial charge is 0.493 e. The van der Waals surface area contributed by atoms with Gasteiger partial charge >= 0.3 is 0 Å². The quantitative estimate of drug-likeness (QED) is 0.191. The minimum absolute atomic E-state index is 0.0155. The molecule has 38 heavy (non-hydrogen) atoms. The molecule has 1 amide bonds. The monoisotopic (exact) mass is 537 g/mol. The molecular formula is C28H31N3O6S. The van der Waals surface area contributed by atoms with E-state index in [4.69, 9.17) is 14.2 Å². The van der Waals surface area contributed by atoms with Crippen molar-refractivity contribution < 1.29 is 27.4 Å². The molecular weight excluding hydrogens is 506 g/mol. The summed E-state index contributed by atoms with van der Waals surface area (Å²) in [6.45, 7) is 3.67. The van der Waals surface area contributed by atoms with Crippen molar-refractivity contribution >= 4 is 22.1 Å². The van der Waals surface area contributed by atoms with Crippen LogP contribution < -0.4 is 19.6 Å². The van der Waals surface area contributed by atoms with Crippen LogP contribution in [0.25, 0.3) is 0 Å². The number of carbonyl (C=O) groups is 1. The van der Waals surface area contributed by atoms with Crippen molar-refractivity contribution in [1.82, 2.24) is 9.73 Å². The molecule has 3 aromatic rings. The molecule has 0 aliphatic rings. The lowest BCUT2D eigenvalue weighted by atomic mass is 10.1. The van der Waals surface area contributed by atoms with Gasteiger partial charge in [0.2, 0.25) is 10.0 Å². The number of rotatable bonds is 14. The Labute approximate surface area is 223 Å². The Balaban J connectivity index is 1.74. The molecule has 0 atom stereocenters. The molecule has 0 radical (unpaired) electrons. The van der Waals surface area contributed by atoms with E-state index in [9.17, 15) is 13.2 Å². The van der Waals surface area contributed by atoms with E-state index >= 15 is 0 Å². The summed E-state index contributed by atoms with van der Waals surface area (Å²) >= 11 is 0. The average molecular weight is 538 g/mol. The van der Waals surface area contributed by atoms with Gasteiger partial charge in [-0.3, -0.25) is 4.79 Å². The van der Waals surface area contributed by atoms with Crippen LogP contribution in [-0.4, -0.2) is 58.8 Å². The second-order valence-electron chi connectivity index (χ2n) is 8.05. The number of carbonyl (C=O) groups excluding carboxylic acids is 1. The molecule has 0 saturated carbocycles. The highest BCUT2D eigenvalue weighted by molar-refractivity contribution is 7.89. The van der Waals surface area contributed by atoms with E-state index in [0.717, 1.165) is 15.4 Å². The summed E-state index contributed by atoms with van der Waals surface area (Å²) < 4.78 is 44.1. The van der Waals surface area contributed by atoms with Crippen LogP contribution in [-0.2, 0) is 21.2 Å². The summed E-state index contributed by atoms with van der Waals surface area (Å²) in [6, 6.07) is 20.9. The van der Waals surface area contributed by atoms with Crippen LogP contribution >= 0.6 is 0 Å². The molecule has 10 heteroatoms. The van der Waals surface area contributed by atoms with Crippen LogP contribution in [0.3, 0.4) is 0 Å². The van der Waals surface area contributed by atoms with E-state index in [1.54, 1.807) is 30.3 Å². The van der Waals surface area contributed by atoms with Crippen molar-refractivity contribution in [1.29, 1.82) is 0 Å². The Hall–Kier alpha value is -4.15. The number of sulfonamides is 1. The van der Waals surface area contributed by atoms with Gasteiger partial charge in [0.25, 0.3) is 5.91 Å². The Kier molecular flexibility index (Phi) is 10.4. The summed E-state index contributed by atoms with van der Waals surface area (Å²) in [6.07, 6.45) is 3.54. The Morgan fingerprint density at radius 3 is 2.37 bits per heavy atom. The first kappa shape index (κ1) is 28.4. The molecule has 0 fully saturated rings. The lowest BCUT2D eigenvalue weighted by molar-refractivity contribution is -0.121. The van der Waals surface area contributed by atoms with Crippen molar-refractivity contribution in [3.8, 4) is 17.2 Å². The lowest BCUT2D eigenvalue weighted by Crippen LogP contribution is -2.40. The van der Waals surface area contributed by atoms with Gasteiger partial charge in [-0.15, -0.1) is 0 Å². The predicted octanol–water partition coefficient (Wildman–Crippen LogP) is 3.65. The number of benzene rings is 3. The minimum Gasteiger partial charge on any atom is -0.493 e. The zero-order valence-corrected chi connectivity index (χ0v) is 22.2. The second kappa shape index (κ2) is 14.0. The highest BCUT2D eigenvalue weighted by Crippen LogP contribution is 2.30. The van der Waals surface area contributed by atoms with Gasteiger partial charge in [0, 0.05) is 12.6 Å². The SMILES string of the molecule is C=CCOc1ccc(/C=N\NC(=O)CN(CCc2ccccc2)S(=O)(=O)c2ccc(OC)c(OC)c2)cc1. The van der Waals surface area contributed by atoms with Gasteiger partial charge in [0.15, 0.2) is 11.5 Å². The first-order valence-corrected chi connectivity index (χ1v) is 13.2. The van der Waals surface area contributed by atoms with Crippen LogP contribution in [0.15, 0.2) is 95.4 Å². The zero-order valence-electron chi connectivity index (χ0n) is 21.4. The third-order valence-electron chi connectivity index (χ3n) is 5.46. The molecule has 0 bridgehead atoms. The number of nitrogens with one attached hydrogen (secondary N) is 1. The third-order valence-corrected chi connectivity index (χ3v) is 7.30. The summed E-state index contributed by atoms with van der Waals surface area (Å²) in [5.74, 6) is 0.769. The van der Waals surface area contributed by atoms with Crippen LogP contribution in [0, 0.1) is 0 Å². The fourth-order valence-electron chi connectivity index (χ4n) is 3.49. The highest BCUT2D eigenvalue weighted by atomic mass is 32.2. The summed E-state index contributed by atoms with van der Waals surface area (Å²) in [5.41, 5.74) is 4.08. The van der Waals surface area contributed by atoms with Gasteiger partial charge in [0.1, 0.15) is 12.4 Å². The molecule has 200 valence electrons. The van der Waals surface area contributed by atoms with E-state index in [1.165, 1.54) is 38.6 Å². The predicted molar refractivity (Wildman–Crippen MR) is 146 cm³/mol. The van der Waals surface area contributed by atoms with E-state index in [0.29, 0.717) is 24.5 Å². The van der Waals surface area contributed by atoms with Gasteiger partial charge in [-0.1, -0.05) is 43.0 Å². The number of hydrogen-bond donors (Lipinski definition) is 1. The van der Waals surface area contributed by atoms with E-state index in [-0.39, 0.29) is 17.2 Å². The van der Waals surface area contributed by atoms with Crippen LogP contribution in [0.2, 0.25) is 0 Å². The molecule has 0 spiro atoms. The molecule has 0 saturated heterocycles. The lowest BCUT2D eigenvalue weighted by Gasteiger charge is -2.22. The maximum Gasteiger partial charge on any atom is 0.255 e. The number of amides is 1. The normalized spacial score (nSPS) is 11.3. The summed E-state index contributed by atoms with van der Waals surface area (Å²) in [5, 5.41) is 3.97. The Bertz CT molecular complexity index is 1340. The van der Waals surface area contributed by atoms with Crippen molar-refractivity contribution in [3.63, 3.8) is 0 Å². The maximum atomic E-state index is 13.6. The first-order valence-electron chi connectivity index (χ1n) is 11.8. The third kappa shape index (κ3) is 7.92. The van der Waals surface area contributed by atoms with Gasteiger partial charge in [-0.05, 0) is 53.9 Å². The molecule has 1 N–H and O–H groups in total. The number of nitrogens with zero attached hydrogens (tertiary/aromatic N) is 2. The van der Waals surface area contributed by atoms with Gasteiger partial charge < -0.3 is 14.2 Å². The highest BCUT2D eigenvalue weighted by Gasteiger charge is 2.27. The molecule has 0 unspecified atom stereocenters. The van der Waals surface area contributed by atoms with Crippen LogP contribution in [0.4, 0.5) is 0 Å². The zero-order chi connectivity index (χ0) is 27.4. The average Bonchev–Trinajstić information content (AvgIpc) is 2.94. The van der Waals surface area contributed by atoms with E-state index < -0.39 is 22.5 Å². The fourth-order valence-corrected chi connectivity index (χ4v) is 4.90. The van der Waals surface area contributed by atoms with Crippen molar-refractivity contribution in [2.75, 3.05) is 33.9 Å². The van der Waals surface area contributed by atoms with Gasteiger partial charge in [-0.2, -0.15) is 9.41 Å². The van der Waals surface area contributed by atoms with Gasteiger partial charge in [-0.25, -0.2) is 13.8 Å². The number of hydrogen-bond acceptors (Lipinski definition) is 7. The van der Waals surface area contributed by atoms with Crippen LogP contribution in [0.5, 0.6) is 17.2 Å². The van der Waals surface area contributed by atoms with Crippen molar-refractivity contribution in [2.24, 2.45) is 5.10 Å². The fraction of sp³-hybridized carbons (Fsp3) is 0.214. The number of ether oxygens (including phenoxy) is 3. The molecule has 0 heterocycles. The maximum absolute atomic E-state index is 13.6. The first-order chi connectivity index (χ1) is 18.4. The number of hydrazone groups is 1. The topological polar surface area (TPSA) is 107 Å². The van der Waals surface area contributed by atoms with Crippen molar-refractivity contribution in [3.05, 3.63) is 96.6 Å². The van der Waals surface area contributed by atoms with E-state index in [1.807, 2.05) is 30.3 Å². The van der Waals surface area contributed by atoms with Crippen LogP contribution in [0.1, 0.15) is 11.1 Å². The molecule has 3 aromatic carbocycles. The second-order valence-corrected chi connectivity index (χ2v) is 9.99.